The van der Waals surface area contributed by atoms with Crippen molar-refractivity contribution in [2.75, 3.05) is 5.32 Å². The fourth-order valence-corrected chi connectivity index (χ4v) is 4.04. The summed E-state index contributed by atoms with van der Waals surface area (Å²) < 4.78 is 5.70. The molecule has 2 atom stereocenters. The first-order valence-corrected chi connectivity index (χ1v) is 11.5. The number of hydrogen-bond acceptors (Lipinski definition) is 5. The third-order valence-electron chi connectivity index (χ3n) is 5.64. The van der Waals surface area contributed by atoms with Crippen molar-refractivity contribution in [1.29, 1.82) is 0 Å². The highest BCUT2D eigenvalue weighted by Gasteiger charge is 2.47. The van der Waals surface area contributed by atoms with E-state index in [1.807, 2.05) is 45.0 Å². The van der Waals surface area contributed by atoms with Crippen LogP contribution in [-0.4, -0.2) is 39.9 Å². The molecule has 1 aromatic heterocycles. The molecule has 1 aliphatic rings. The van der Waals surface area contributed by atoms with Crippen molar-refractivity contribution in [3.05, 3.63) is 95.3 Å². The topological polar surface area (TPSA) is 101 Å². The van der Waals surface area contributed by atoms with Crippen molar-refractivity contribution >= 4 is 23.6 Å². The van der Waals surface area contributed by atoms with Crippen molar-refractivity contribution in [3.63, 3.8) is 0 Å². The molecule has 0 unspecified atom stereocenters. The normalized spacial score (nSPS) is 17.3. The van der Waals surface area contributed by atoms with Crippen LogP contribution < -0.4 is 10.6 Å². The van der Waals surface area contributed by atoms with Crippen LogP contribution in [0.25, 0.3) is 0 Å². The number of ether oxygens (including phenoxy) is 1. The number of carbonyl (C=O) groups excluding carboxylic acids is 3. The molecular weight excluding hydrogens is 444 g/mol. The molecule has 2 aromatic carbocycles. The lowest BCUT2D eigenvalue weighted by Gasteiger charge is -2.25. The van der Waals surface area contributed by atoms with Crippen LogP contribution in [0.2, 0.25) is 0 Å². The van der Waals surface area contributed by atoms with Gasteiger partial charge in [0.15, 0.2) is 12.1 Å². The Morgan fingerprint density at radius 1 is 1.09 bits per heavy atom. The number of rotatable bonds is 7. The van der Waals surface area contributed by atoms with E-state index in [1.165, 1.54) is 11.1 Å². The number of pyridine rings is 1. The van der Waals surface area contributed by atoms with Gasteiger partial charge in [-0.2, -0.15) is 0 Å². The maximum atomic E-state index is 13.2. The number of carbonyl (C=O) groups is 3. The van der Waals surface area contributed by atoms with E-state index >= 15 is 0 Å². The third kappa shape index (κ3) is 5.66. The molecular formula is C27H28N4O4. The zero-order chi connectivity index (χ0) is 24.9. The zero-order valence-corrected chi connectivity index (χ0v) is 19.9. The zero-order valence-electron chi connectivity index (χ0n) is 19.9. The van der Waals surface area contributed by atoms with E-state index in [0.717, 1.165) is 11.1 Å². The molecule has 0 aliphatic carbocycles. The SMILES string of the molecule is Cc1cccc(CN2C(=O)O[C@H](c3ccc(NC(=O)c4cccnc4)cc3)[C@@H]2C(=O)NC(C)C)c1. The molecule has 2 N–H and O–H groups in total. The largest absolute Gasteiger partial charge is 0.438 e. The van der Waals surface area contributed by atoms with E-state index in [1.54, 1.807) is 42.6 Å². The summed E-state index contributed by atoms with van der Waals surface area (Å²) in [7, 11) is 0. The minimum Gasteiger partial charge on any atom is -0.438 e. The highest BCUT2D eigenvalue weighted by Crippen LogP contribution is 2.34. The number of cyclic esters (lactones) is 1. The van der Waals surface area contributed by atoms with Gasteiger partial charge in [-0.15, -0.1) is 0 Å². The van der Waals surface area contributed by atoms with Crippen LogP contribution >= 0.6 is 0 Å². The summed E-state index contributed by atoms with van der Waals surface area (Å²) in [6.07, 6.45) is 1.76. The maximum Gasteiger partial charge on any atom is 0.411 e. The summed E-state index contributed by atoms with van der Waals surface area (Å²) >= 11 is 0. The summed E-state index contributed by atoms with van der Waals surface area (Å²) in [5, 5.41) is 5.73. The number of aromatic nitrogens is 1. The van der Waals surface area contributed by atoms with Gasteiger partial charge in [0.1, 0.15) is 0 Å². The summed E-state index contributed by atoms with van der Waals surface area (Å²) in [5.41, 5.74) is 3.66. The second kappa shape index (κ2) is 10.4. The monoisotopic (exact) mass is 472 g/mol. The van der Waals surface area contributed by atoms with E-state index in [9.17, 15) is 14.4 Å². The van der Waals surface area contributed by atoms with Gasteiger partial charge in [0, 0.05) is 24.1 Å². The van der Waals surface area contributed by atoms with Gasteiger partial charge >= 0.3 is 6.09 Å². The molecule has 3 amide bonds. The Hall–Kier alpha value is -4.20. The maximum absolute atomic E-state index is 13.2. The number of anilines is 1. The minimum atomic E-state index is -0.832. The Morgan fingerprint density at radius 3 is 2.51 bits per heavy atom. The fraction of sp³-hybridized carbons (Fsp3) is 0.259. The predicted molar refractivity (Wildman–Crippen MR) is 132 cm³/mol. The number of benzene rings is 2. The molecule has 4 rings (SSSR count). The molecule has 2 heterocycles. The summed E-state index contributed by atoms with van der Waals surface area (Å²) in [6, 6.07) is 17.2. The van der Waals surface area contributed by atoms with Crippen LogP contribution in [0.4, 0.5) is 10.5 Å². The number of aryl methyl sites for hydroxylation is 1. The van der Waals surface area contributed by atoms with Crippen LogP contribution in [0.3, 0.4) is 0 Å². The lowest BCUT2D eigenvalue weighted by molar-refractivity contribution is -0.126. The van der Waals surface area contributed by atoms with Crippen LogP contribution in [0.5, 0.6) is 0 Å². The van der Waals surface area contributed by atoms with E-state index < -0.39 is 18.2 Å². The van der Waals surface area contributed by atoms with E-state index in [2.05, 4.69) is 15.6 Å². The average molecular weight is 473 g/mol. The van der Waals surface area contributed by atoms with Gasteiger partial charge in [-0.05, 0) is 56.2 Å². The standard InChI is InChI=1S/C27H28N4O4/c1-17(2)29-26(33)23-24(35-27(34)31(23)16-19-7-4-6-18(3)14-19)20-9-11-22(12-10-20)30-25(32)21-8-5-13-28-15-21/h4-15,17,23-24H,16H2,1-3H3,(H,29,33)(H,30,32)/t23-,24-/m1/s1. The van der Waals surface area contributed by atoms with Crippen LogP contribution in [-0.2, 0) is 16.1 Å². The van der Waals surface area contributed by atoms with Crippen LogP contribution in [0.1, 0.15) is 47.0 Å². The van der Waals surface area contributed by atoms with Gasteiger partial charge in [-0.1, -0.05) is 42.0 Å². The van der Waals surface area contributed by atoms with Gasteiger partial charge in [0.25, 0.3) is 5.91 Å². The summed E-state index contributed by atoms with van der Waals surface area (Å²) in [5.74, 6) is -0.561. The van der Waals surface area contributed by atoms with Crippen molar-refractivity contribution < 1.29 is 19.1 Å². The number of nitrogens with zero attached hydrogens (tertiary/aromatic N) is 2. The minimum absolute atomic E-state index is 0.0928. The molecule has 1 aliphatic heterocycles. The molecule has 0 saturated carbocycles. The first-order valence-electron chi connectivity index (χ1n) is 11.5. The Morgan fingerprint density at radius 2 is 1.86 bits per heavy atom. The molecule has 1 saturated heterocycles. The highest BCUT2D eigenvalue weighted by molar-refractivity contribution is 6.04. The van der Waals surface area contributed by atoms with Crippen molar-refractivity contribution in [2.24, 2.45) is 0 Å². The molecule has 0 bridgehead atoms. The molecule has 35 heavy (non-hydrogen) atoms. The van der Waals surface area contributed by atoms with Gasteiger partial charge < -0.3 is 15.4 Å². The molecule has 8 nitrogen and oxygen atoms in total. The molecule has 0 radical (unpaired) electrons. The predicted octanol–water partition coefficient (Wildman–Crippen LogP) is 4.23. The highest BCUT2D eigenvalue weighted by atomic mass is 16.6. The van der Waals surface area contributed by atoms with Crippen molar-refractivity contribution in [2.45, 2.75) is 45.5 Å². The van der Waals surface area contributed by atoms with E-state index in [-0.39, 0.29) is 24.4 Å². The fourth-order valence-electron chi connectivity index (χ4n) is 4.04. The first-order chi connectivity index (χ1) is 16.8. The Labute approximate surface area is 204 Å². The van der Waals surface area contributed by atoms with Crippen LogP contribution in [0.15, 0.2) is 73.1 Å². The number of hydrogen-bond donors (Lipinski definition) is 2. The molecule has 3 aromatic rings. The molecule has 0 spiro atoms. The quantitative estimate of drug-likeness (QED) is 0.536. The third-order valence-corrected chi connectivity index (χ3v) is 5.64. The second-order valence-electron chi connectivity index (χ2n) is 8.85. The Kier molecular flexibility index (Phi) is 7.10. The van der Waals surface area contributed by atoms with Gasteiger partial charge in [0.05, 0.1) is 12.1 Å². The lowest BCUT2D eigenvalue weighted by atomic mass is 10.00. The average Bonchev–Trinajstić information content (AvgIpc) is 3.15. The molecule has 8 heteroatoms. The second-order valence-corrected chi connectivity index (χ2v) is 8.85. The van der Waals surface area contributed by atoms with E-state index in [0.29, 0.717) is 16.8 Å². The van der Waals surface area contributed by atoms with Gasteiger partial charge in [0.2, 0.25) is 5.91 Å². The van der Waals surface area contributed by atoms with E-state index in [4.69, 9.17) is 4.74 Å². The Bertz CT molecular complexity index is 1210. The summed E-state index contributed by atoms with van der Waals surface area (Å²) in [6.45, 7) is 5.98. The smallest absolute Gasteiger partial charge is 0.411 e. The number of amides is 3. The Balaban J connectivity index is 1.56. The number of nitrogens with one attached hydrogen (secondary N) is 2. The molecule has 1 fully saturated rings. The van der Waals surface area contributed by atoms with Gasteiger partial charge in [-0.3, -0.25) is 19.5 Å². The summed E-state index contributed by atoms with van der Waals surface area (Å²) in [4.78, 5) is 43.9. The van der Waals surface area contributed by atoms with Crippen LogP contribution in [0, 0.1) is 6.92 Å². The molecule has 180 valence electrons. The lowest BCUT2D eigenvalue weighted by Crippen LogP contribution is -2.48. The van der Waals surface area contributed by atoms with Crippen molar-refractivity contribution in [1.82, 2.24) is 15.2 Å². The first kappa shape index (κ1) is 23.9. The van der Waals surface area contributed by atoms with Gasteiger partial charge in [-0.25, -0.2) is 4.79 Å². The van der Waals surface area contributed by atoms with Crippen molar-refractivity contribution in [3.8, 4) is 0 Å².